The largest absolute Gasteiger partial charge is 0.444 e. The van der Waals surface area contributed by atoms with Gasteiger partial charge in [-0.2, -0.15) is 0 Å². The molecule has 0 saturated heterocycles. The van der Waals surface area contributed by atoms with Gasteiger partial charge in [0.05, 0.1) is 0 Å². The summed E-state index contributed by atoms with van der Waals surface area (Å²) in [5.41, 5.74) is 1.32. The maximum Gasteiger partial charge on any atom is 0.408 e. The SMILES string of the molecule is C=C(C)C(=O)Nc1ccc(CNC(=O)CNC(=O)OC(C)(C)C)cc1. The third kappa shape index (κ3) is 8.55. The lowest BCUT2D eigenvalue weighted by Gasteiger charge is -2.19. The van der Waals surface area contributed by atoms with Crippen molar-refractivity contribution < 1.29 is 19.1 Å². The molecule has 0 aromatic heterocycles. The molecule has 0 aliphatic carbocycles. The van der Waals surface area contributed by atoms with Gasteiger partial charge >= 0.3 is 6.09 Å². The Bertz CT molecular complexity index is 645. The lowest BCUT2D eigenvalue weighted by atomic mass is 10.2. The number of carbonyl (C=O) groups excluding carboxylic acids is 3. The van der Waals surface area contributed by atoms with Gasteiger partial charge in [0.2, 0.25) is 5.91 Å². The number of rotatable bonds is 6. The Morgan fingerprint density at radius 1 is 1.08 bits per heavy atom. The molecular weight excluding hydrogens is 322 g/mol. The van der Waals surface area contributed by atoms with Gasteiger partial charge in [0.25, 0.3) is 5.91 Å². The smallest absolute Gasteiger partial charge is 0.408 e. The fourth-order valence-corrected chi connectivity index (χ4v) is 1.67. The van der Waals surface area contributed by atoms with Gasteiger partial charge in [-0.3, -0.25) is 9.59 Å². The molecular formula is C18H25N3O4. The summed E-state index contributed by atoms with van der Waals surface area (Å²) in [4.78, 5) is 34.7. The molecule has 0 spiro atoms. The van der Waals surface area contributed by atoms with E-state index >= 15 is 0 Å². The Labute approximate surface area is 147 Å². The van der Waals surface area contributed by atoms with Crippen molar-refractivity contribution in [3.05, 3.63) is 42.0 Å². The molecule has 25 heavy (non-hydrogen) atoms. The first-order valence-electron chi connectivity index (χ1n) is 7.86. The number of benzene rings is 1. The minimum Gasteiger partial charge on any atom is -0.444 e. The number of amides is 3. The highest BCUT2D eigenvalue weighted by molar-refractivity contribution is 6.02. The average Bonchev–Trinajstić information content (AvgIpc) is 2.50. The topological polar surface area (TPSA) is 96.5 Å². The Morgan fingerprint density at radius 3 is 2.20 bits per heavy atom. The number of ether oxygens (including phenoxy) is 1. The van der Waals surface area contributed by atoms with Crippen LogP contribution < -0.4 is 16.0 Å². The van der Waals surface area contributed by atoms with Crippen LogP contribution in [0.3, 0.4) is 0 Å². The van der Waals surface area contributed by atoms with Crippen molar-refractivity contribution >= 4 is 23.6 Å². The number of hydrogen-bond donors (Lipinski definition) is 3. The Morgan fingerprint density at radius 2 is 1.68 bits per heavy atom. The van der Waals surface area contributed by atoms with E-state index in [1.807, 2.05) is 0 Å². The highest BCUT2D eigenvalue weighted by atomic mass is 16.6. The molecule has 0 heterocycles. The zero-order valence-corrected chi connectivity index (χ0v) is 15.1. The van der Waals surface area contributed by atoms with Crippen LogP contribution in [0.5, 0.6) is 0 Å². The molecule has 0 atom stereocenters. The molecule has 1 rings (SSSR count). The summed E-state index contributed by atoms with van der Waals surface area (Å²) >= 11 is 0. The van der Waals surface area contributed by atoms with Crippen LogP contribution >= 0.6 is 0 Å². The van der Waals surface area contributed by atoms with Crippen molar-refractivity contribution in [3.63, 3.8) is 0 Å². The third-order valence-electron chi connectivity index (χ3n) is 2.88. The monoisotopic (exact) mass is 347 g/mol. The van der Waals surface area contributed by atoms with E-state index < -0.39 is 11.7 Å². The van der Waals surface area contributed by atoms with Crippen molar-refractivity contribution in [2.75, 3.05) is 11.9 Å². The molecule has 1 aromatic carbocycles. The van der Waals surface area contributed by atoms with E-state index in [9.17, 15) is 14.4 Å². The fraction of sp³-hybridized carbons (Fsp3) is 0.389. The molecule has 3 N–H and O–H groups in total. The van der Waals surface area contributed by atoms with Crippen molar-refractivity contribution in [1.29, 1.82) is 0 Å². The highest BCUT2D eigenvalue weighted by Gasteiger charge is 2.16. The molecule has 7 nitrogen and oxygen atoms in total. The van der Waals surface area contributed by atoms with Crippen LogP contribution in [0, 0.1) is 0 Å². The molecule has 0 unspecified atom stereocenters. The summed E-state index contributed by atoms with van der Waals surface area (Å²) in [6.07, 6.45) is -0.639. The maximum absolute atomic E-state index is 11.7. The average molecular weight is 347 g/mol. The van der Waals surface area contributed by atoms with E-state index in [0.717, 1.165) is 5.56 Å². The summed E-state index contributed by atoms with van der Waals surface area (Å²) in [6, 6.07) is 7.05. The number of carbonyl (C=O) groups is 3. The minimum absolute atomic E-state index is 0.165. The van der Waals surface area contributed by atoms with E-state index in [0.29, 0.717) is 17.8 Å². The van der Waals surface area contributed by atoms with Crippen LogP contribution in [-0.2, 0) is 20.9 Å². The Balaban J connectivity index is 2.37. The van der Waals surface area contributed by atoms with Gasteiger partial charge in [-0.05, 0) is 45.4 Å². The fourth-order valence-electron chi connectivity index (χ4n) is 1.67. The molecule has 0 aliphatic heterocycles. The van der Waals surface area contributed by atoms with Crippen molar-refractivity contribution in [2.24, 2.45) is 0 Å². The van der Waals surface area contributed by atoms with E-state index in [4.69, 9.17) is 4.74 Å². The van der Waals surface area contributed by atoms with Crippen molar-refractivity contribution in [2.45, 2.75) is 39.8 Å². The predicted molar refractivity (Wildman–Crippen MR) is 96.0 cm³/mol. The first kappa shape index (κ1) is 20.2. The highest BCUT2D eigenvalue weighted by Crippen LogP contribution is 2.10. The van der Waals surface area contributed by atoms with E-state index in [1.54, 1.807) is 52.0 Å². The van der Waals surface area contributed by atoms with E-state index in [-0.39, 0.29) is 18.4 Å². The molecule has 136 valence electrons. The first-order chi connectivity index (χ1) is 11.6. The molecule has 0 saturated carbocycles. The van der Waals surface area contributed by atoms with Crippen molar-refractivity contribution in [3.8, 4) is 0 Å². The number of nitrogens with one attached hydrogen (secondary N) is 3. The van der Waals surface area contributed by atoms with Crippen LogP contribution in [-0.4, -0.2) is 30.1 Å². The second-order valence-corrected chi connectivity index (χ2v) is 6.56. The minimum atomic E-state index is -0.639. The van der Waals surface area contributed by atoms with Crippen LogP contribution in [0.1, 0.15) is 33.3 Å². The van der Waals surface area contributed by atoms with E-state index in [1.165, 1.54) is 0 Å². The van der Waals surface area contributed by atoms with Gasteiger partial charge in [0, 0.05) is 17.8 Å². The number of hydrogen-bond acceptors (Lipinski definition) is 4. The summed E-state index contributed by atoms with van der Waals surface area (Å²) in [6.45, 7) is 10.6. The normalized spacial score (nSPS) is 10.6. The van der Waals surface area contributed by atoms with Gasteiger partial charge in [-0.15, -0.1) is 0 Å². The van der Waals surface area contributed by atoms with E-state index in [2.05, 4.69) is 22.5 Å². The summed E-state index contributed by atoms with van der Waals surface area (Å²) in [5, 5.41) is 7.77. The first-order valence-corrected chi connectivity index (χ1v) is 7.86. The zero-order chi connectivity index (χ0) is 19.0. The van der Waals surface area contributed by atoms with Gasteiger partial charge in [-0.1, -0.05) is 18.7 Å². The van der Waals surface area contributed by atoms with Crippen LogP contribution in [0.2, 0.25) is 0 Å². The molecule has 0 bridgehead atoms. The Kier molecular flexibility index (Phi) is 7.17. The van der Waals surface area contributed by atoms with Crippen molar-refractivity contribution in [1.82, 2.24) is 10.6 Å². The lowest BCUT2D eigenvalue weighted by molar-refractivity contribution is -0.120. The molecule has 7 heteroatoms. The Hall–Kier alpha value is -2.83. The number of anilines is 1. The lowest BCUT2D eigenvalue weighted by Crippen LogP contribution is -2.39. The third-order valence-corrected chi connectivity index (χ3v) is 2.88. The van der Waals surface area contributed by atoms with Gasteiger partial charge in [-0.25, -0.2) is 4.79 Å². The standard InChI is InChI=1S/C18H25N3O4/c1-12(2)16(23)21-14-8-6-13(7-9-14)10-19-15(22)11-20-17(24)25-18(3,4)5/h6-9H,1,10-11H2,2-5H3,(H,19,22)(H,20,24)(H,21,23). The second kappa shape index (κ2) is 8.86. The molecule has 0 aliphatic rings. The number of alkyl carbamates (subject to hydrolysis) is 1. The van der Waals surface area contributed by atoms with Gasteiger partial charge < -0.3 is 20.7 Å². The molecule has 3 amide bonds. The summed E-state index contributed by atoms with van der Waals surface area (Å²) < 4.78 is 5.04. The second-order valence-electron chi connectivity index (χ2n) is 6.56. The maximum atomic E-state index is 11.7. The molecule has 0 fully saturated rings. The summed E-state index contributed by atoms with van der Waals surface area (Å²) in [7, 11) is 0. The predicted octanol–water partition coefficient (Wildman–Crippen LogP) is 2.34. The quantitative estimate of drug-likeness (QED) is 0.688. The van der Waals surface area contributed by atoms with Gasteiger partial charge in [0.15, 0.2) is 0 Å². The van der Waals surface area contributed by atoms with Crippen LogP contribution in [0.15, 0.2) is 36.4 Å². The summed E-state index contributed by atoms with van der Waals surface area (Å²) in [5.74, 6) is -0.570. The molecule has 0 radical (unpaired) electrons. The van der Waals surface area contributed by atoms with Gasteiger partial charge in [0.1, 0.15) is 12.1 Å². The molecule has 1 aromatic rings. The zero-order valence-electron chi connectivity index (χ0n) is 15.1. The van der Waals surface area contributed by atoms with Crippen LogP contribution in [0.25, 0.3) is 0 Å². The van der Waals surface area contributed by atoms with Crippen LogP contribution in [0.4, 0.5) is 10.5 Å².